The van der Waals surface area contributed by atoms with Gasteiger partial charge in [0.25, 0.3) is 0 Å². The van der Waals surface area contributed by atoms with Crippen LogP contribution in [0.25, 0.3) is 0 Å². The van der Waals surface area contributed by atoms with Gasteiger partial charge in [-0.15, -0.1) is 0 Å². The number of rotatable bonds is 8. The lowest BCUT2D eigenvalue weighted by Gasteiger charge is -2.05. The van der Waals surface area contributed by atoms with Gasteiger partial charge in [-0.05, 0) is 30.5 Å². The average Bonchev–Trinajstić information content (AvgIpc) is 2.57. The molecular weight excluding hydrogens is 293 g/mol. The van der Waals surface area contributed by atoms with E-state index in [4.69, 9.17) is 0 Å². The summed E-state index contributed by atoms with van der Waals surface area (Å²) in [5, 5.41) is 2.82. The molecule has 1 amide bonds. The van der Waals surface area contributed by atoms with Crippen LogP contribution in [0.3, 0.4) is 0 Å². The Kier molecular flexibility index (Phi) is 6.48. The van der Waals surface area contributed by atoms with Crippen LogP contribution < -0.4 is 5.32 Å². The molecule has 23 heavy (non-hydrogen) atoms. The highest BCUT2D eigenvalue weighted by Gasteiger charge is 2.07. The quantitative estimate of drug-likeness (QED) is 0.758. The number of ketones is 1. The van der Waals surface area contributed by atoms with E-state index >= 15 is 0 Å². The monoisotopic (exact) mass is 313 g/mol. The van der Waals surface area contributed by atoms with Crippen molar-refractivity contribution in [3.05, 3.63) is 71.5 Å². The zero-order valence-electron chi connectivity index (χ0n) is 12.9. The van der Waals surface area contributed by atoms with Crippen molar-refractivity contribution in [2.45, 2.75) is 25.7 Å². The summed E-state index contributed by atoms with van der Waals surface area (Å²) in [6.07, 6.45) is 1.91. The maximum atomic E-state index is 12.8. The molecule has 0 atom stereocenters. The number of nitrogens with one attached hydrogen (secondary N) is 1. The molecule has 0 aliphatic heterocycles. The lowest BCUT2D eigenvalue weighted by atomic mass is 10.1. The molecule has 1 N–H and O–H groups in total. The average molecular weight is 313 g/mol. The van der Waals surface area contributed by atoms with Crippen LogP contribution in [0.5, 0.6) is 0 Å². The molecule has 0 unspecified atom stereocenters. The standard InChI is InChI=1S/C19H20FNO2/c20-17-11-9-15(10-12-17)13-14-21-19(23)8-4-7-18(22)16-5-2-1-3-6-16/h1-3,5-6,9-12H,4,7-8,13-14H2,(H,21,23). The predicted molar refractivity (Wildman–Crippen MR) is 87.7 cm³/mol. The van der Waals surface area contributed by atoms with E-state index in [9.17, 15) is 14.0 Å². The summed E-state index contributed by atoms with van der Waals surface area (Å²) in [6.45, 7) is 0.511. The molecule has 0 radical (unpaired) electrons. The Balaban J connectivity index is 1.62. The molecule has 120 valence electrons. The van der Waals surface area contributed by atoms with E-state index in [0.29, 0.717) is 37.8 Å². The lowest BCUT2D eigenvalue weighted by Crippen LogP contribution is -2.25. The first-order valence-electron chi connectivity index (χ1n) is 7.74. The minimum atomic E-state index is -0.263. The number of carbonyl (C=O) groups is 2. The number of hydrogen-bond acceptors (Lipinski definition) is 2. The molecule has 3 nitrogen and oxygen atoms in total. The van der Waals surface area contributed by atoms with E-state index in [0.717, 1.165) is 5.56 Å². The maximum Gasteiger partial charge on any atom is 0.220 e. The second-order valence-electron chi connectivity index (χ2n) is 5.37. The largest absolute Gasteiger partial charge is 0.356 e. The third-order valence-electron chi connectivity index (χ3n) is 3.55. The third-order valence-corrected chi connectivity index (χ3v) is 3.55. The number of carbonyl (C=O) groups excluding carboxylic acids is 2. The molecule has 0 saturated heterocycles. The van der Waals surface area contributed by atoms with E-state index < -0.39 is 0 Å². The van der Waals surface area contributed by atoms with Gasteiger partial charge in [-0.2, -0.15) is 0 Å². The van der Waals surface area contributed by atoms with Gasteiger partial charge in [0, 0.05) is 24.9 Å². The molecule has 4 heteroatoms. The van der Waals surface area contributed by atoms with Gasteiger partial charge in [-0.1, -0.05) is 42.5 Å². The highest BCUT2D eigenvalue weighted by atomic mass is 19.1. The van der Waals surface area contributed by atoms with Gasteiger partial charge in [-0.3, -0.25) is 9.59 Å². The summed E-state index contributed by atoms with van der Waals surface area (Å²) in [6, 6.07) is 15.3. The van der Waals surface area contributed by atoms with Gasteiger partial charge in [0.2, 0.25) is 5.91 Å². The van der Waals surface area contributed by atoms with Gasteiger partial charge in [0.05, 0.1) is 0 Å². The van der Waals surface area contributed by atoms with Crippen molar-refractivity contribution in [1.82, 2.24) is 5.32 Å². The highest BCUT2D eigenvalue weighted by Crippen LogP contribution is 2.07. The van der Waals surface area contributed by atoms with Gasteiger partial charge < -0.3 is 5.32 Å². The Bertz CT molecular complexity index is 638. The van der Waals surface area contributed by atoms with Crippen molar-refractivity contribution in [2.24, 2.45) is 0 Å². The van der Waals surface area contributed by atoms with Gasteiger partial charge in [-0.25, -0.2) is 4.39 Å². The molecule has 0 fully saturated rings. The van der Waals surface area contributed by atoms with Crippen molar-refractivity contribution in [1.29, 1.82) is 0 Å². The minimum Gasteiger partial charge on any atom is -0.356 e. The molecule has 0 aliphatic carbocycles. The Labute approximate surface area is 135 Å². The zero-order chi connectivity index (χ0) is 16.5. The van der Waals surface area contributed by atoms with E-state index in [1.807, 2.05) is 18.2 Å². The zero-order valence-corrected chi connectivity index (χ0v) is 12.9. The summed E-state index contributed by atoms with van der Waals surface area (Å²) < 4.78 is 12.8. The van der Waals surface area contributed by atoms with Crippen molar-refractivity contribution >= 4 is 11.7 Å². The van der Waals surface area contributed by atoms with Crippen molar-refractivity contribution in [3.8, 4) is 0 Å². The Morgan fingerprint density at radius 1 is 0.913 bits per heavy atom. The second kappa shape index (κ2) is 8.83. The third kappa shape index (κ3) is 6.02. The summed E-state index contributed by atoms with van der Waals surface area (Å²) in [7, 11) is 0. The molecule has 0 aromatic heterocycles. The predicted octanol–water partition coefficient (Wildman–Crippen LogP) is 3.54. The van der Waals surface area contributed by atoms with Crippen LogP contribution in [0.15, 0.2) is 54.6 Å². The molecule has 0 saturated carbocycles. The molecular formula is C19H20FNO2. The fraction of sp³-hybridized carbons (Fsp3) is 0.263. The molecule has 0 heterocycles. The second-order valence-corrected chi connectivity index (χ2v) is 5.37. The molecule has 0 spiro atoms. The molecule has 2 aromatic rings. The van der Waals surface area contributed by atoms with Crippen molar-refractivity contribution in [2.75, 3.05) is 6.54 Å². The van der Waals surface area contributed by atoms with E-state index in [1.54, 1.807) is 24.3 Å². The van der Waals surface area contributed by atoms with Crippen LogP contribution in [0.4, 0.5) is 4.39 Å². The first kappa shape index (κ1) is 16.9. The molecule has 2 rings (SSSR count). The summed E-state index contributed by atoms with van der Waals surface area (Å²) >= 11 is 0. The highest BCUT2D eigenvalue weighted by molar-refractivity contribution is 5.96. The summed E-state index contributed by atoms with van der Waals surface area (Å²) in [4.78, 5) is 23.6. The van der Waals surface area contributed by atoms with E-state index in [2.05, 4.69) is 5.32 Å². The van der Waals surface area contributed by atoms with Crippen LogP contribution in [0, 0.1) is 5.82 Å². The Morgan fingerprint density at radius 2 is 1.61 bits per heavy atom. The Hall–Kier alpha value is -2.49. The van der Waals surface area contributed by atoms with Gasteiger partial charge in [0.15, 0.2) is 5.78 Å². The van der Waals surface area contributed by atoms with Gasteiger partial charge >= 0.3 is 0 Å². The normalized spacial score (nSPS) is 10.3. The number of benzene rings is 2. The SMILES string of the molecule is O=C(CCCC(=O)c1ccccc1)NCCc1ccc(F)cc1. The van der Waals surface area contributed by atoms with E-state index in [-0.39, 0.29) is 17.5 Å². The topological polar surface area (TPSA) is 46.2 Å². The van der Waals surface area contributed by atoms with Crippen LogP contribution in [0.2, 0.25) is 0 Å². The van der Waals surface area contributed by atoms with E-state index in [1.165, 1.54) is 12.1 Å². The van der Waals surface area contributed by atoms with Crippen molar-refractivity contribution in [3.63, 3.8) is 0 Å². The first-order chi connectivity index (χ1) is 11.1. The number of Topliss-reactive ketones (excluding diaryl/α,β-unsaturated/α-hetero) is 1. The van der Waals surface area contributed by atoms with Crippen LogP contribution in [-0.2, 0) is 11.2 Å². The number of hydrogen-bond donors (Lipinski definition) is 1. The smallest absolute Gasteiger partial charge is 0.220 e. The van der Waals surface area contributed by atoms with Crippen LogP contribution in [-0.4, -0.2) is 18.2 Å². The van der Waals surface area contributed by atoms with Gasteiger partial charge in [0.1, 0.15) is 5.82 Å². The molecule has 2 aromatic carbocycles. The fourth-order valence-electron chi connectivity index (χ4n) is 2.26. The first-order valence-corrected chi connectivity index (χ1v) is 7.74. The number of halogens is 1. The van der Waals surface area contributed by atoms with Crippen molar-refractivity contribution < 1.29 is 14.0 Å². The summed E-state index contributed by atoms with van der Waals surface area (Å²) in [5.41, 5.74) is 1.66. The van der Waals surface area contributed by atoms with Crippen LogP contribution >= 0.6 is 0 Å². The minimum absolute atomic E-state index is 0.0599. The number of amides is 1. The maximum absolute atomic E-state index is 12.8. The summed E-state index contributed by atoms with van der Waals surface area (Å²) in [5.74, 6) is -0.265. The molecule has 0 bridgehead atoms. The fourth-order valence-corrected chi connectivity index (χ4v) is 2.26. The van der Waals surface area contributed by atoms with Crippen LogP contribution in [0.1, 0.15) is 35.2 Å². The Morgan fingerprint density at radius 3 is 2.30 bits per heavy atom. The lowest BCUT2D eigenvalue weighted by molar-refractivity contribution is -0.121. The molecule has 0 aliphatic rings.